The van der Waals surface area contributed by atoms with Gasteiger partial charge in [0.05, 0.1) is 10.3 Å². The van der Waals surface area contributed by atoms with E-state index in [1.807, 2.05) is 18.2 Å². The topological polar surface area (TPSA) is 102 Å². The predicted octanol–water partition coefficient (Wildman–Crippen LogP) is 2.81. The molecule has 1 fully saturated rings. The van der Waals surface area contributed by atoms with Crippen LogP contribution in [0, 0.1) is 0 Å². The maximum Gasteiger partial charge on any atom is 0.251 e. The standard InChI is InChI=1S/C19H18N4O2S/c20-18-14-9-16(26-17(14)15(10-22-18)19(21)25)11-1-3-12(4-2-11)23-7-5-13(24)6-8-23/h1-4,9-10H,5-8H2,(H2,20,22)(H2,21,25). The van der Waals surface area contributed by atoms with Crippen molar-refractivity contribution in [1.82, 2.24) is 4.98 Å². The second kappa shape index (κ2) is 6.42. The number of Topliss-reactive ketones (excluding diaryl/α,β-unsaturated/α-hetero) is 1. The van der Waals surface area contributed by atoms with Crippen LogP contribution in [0.25, 0.3) is 20.5 Å². The Bertz CT molecular complexity index is 1000. The highest BCUT2D eigenvalue weighted by Crippen LogP contribution is 2.37. The van der Waals surface area contributed by atoms with E-state index in [-0.39, 0.29) is 0 Å². The smallest absolute Gasteiger partial charge is 0.251 e. The third-order valence-corrected chi connectivity index (χ3v) is 5.91. The Morgan fingerprint density at radius 1 is 1.15 bits per heavy atom. The van der Waals surface area contributed by atoms with Crippen LogP contribution >= 0.6 is 11.3 Å². The molecule has 0 atom stereocenters. The predicted molar refractivity (Wildman–Crippen MR) is 104 cm³/mol. The molecule has 3 heterocycles. The first-order chi connectivity index (χ1) is 12.5. The summed E-state index contributed by atoms with van der Waals surface area (Å²) in [7, 11) is 0. The molecule has 0 saturated carbocycles. The zero-order chi connectivity index (χ0) is 18.3. The van der Waals surface area contributed by atoms with Crippen LogP contribution in [0.1, 0.15) is 23.2 Å². The largest absolute Gasteiger partial charge is 0.383 e. The van der Waals surface area contributed by atoms with E-state index in [2.05, 4.69) is 22.0 Å². The highest BCUT2D eigenvalue weighted by molar-refractivity contribution is 7.22. The van der Waals surface area contributed by atoms with E-state index < -0.39 is 5.91 Å². The lowest BCUT2D eigenvalue weighted by Crippen LogP contribution is -2.33. The highest BCUT2D eigenvalue weighted by Gasteiger charge is 2.17. The average molecular weight is 366 g/mol. The van der Waals surface area contributed by atoms with Crippen LogP contribution in [0.3, 0.4) is 0 Å². The van der Waals surface area contributed by atoms with E-state index in [0.717, 1.165) is 39.3 Å². The van der Waals surface area contributed by atoms with Gasteiger partial charge in [0.2, 0.25) is 0 Å². The Hall–Kier alpha value is -2.93. The lowest BCUT2D eigenvalue weighted by Gasteiger charge is -2.28. The molecule has 1 saturated heterocycles. The SMILES string of the molecule is NC(=O)c1cnc(N)c2cc(-c3ccc(N4CCC(=O)CC4)cc3)sc12. The Morgan fingerprint density at radius 2 is 1.85 bits per heavy atom. The molecule has 0 bridgehead atoms. The number of amides is 1. The normalized spacial score (nSPS) is 14.8. The van der Waals surface area contributed by atoms with Crippen LogP contribution in [0.5, 0.6) is 0 Å². The van der Waals surface area contributed by atoms with Crippen molar-refractivity contribution in [3.63, 3.8) is 0 Å². The number of anilines is 2. The highest BCUT2D eigenvalue weighted by atomic mass is 32.1. The van der Waals surface area contributed by atoms with E-state index >= 15 is 0 Å². The molecule has 7 heteroatoms. The number of pyridine rings is 1. The minimum Gasteiger partial charge on any atom is -0.383 e. The summed E-state index contributed by atoms with van der Waals surface area (Å²) in [5, 5.41) is 0.750. The summed E-state index contributed by atoms with van der Waals surface area (Å²) in [4.78, 5) is 30.3. The molecular formula is C19H18N4O2S. The van der Waals surface area contributed by atoms with E-state index in [1.165, 1.54) is 17.5 Å². The summed E-state index contributed by atoms with van der Waals surface area (Å²) in [6.07, 6.45) is 2.65. The second-order valence-electron chi connectivity index (χ2n) is 6.35. The molecule has 0 radical (unpaired) electrons. The summed E-state index contributed by atoms with van der Waals surface area (Å²) < 4.78 is 0.763. The fourth-order valence-corrected chi connectivity index (χ4v) is 4.40. The zero-order valence-electron chi connectivity index (χ0n) is 14.1. The molecule has 1 aliphatic rings. The monoisotopic (exact) mass is 366 g/mol. The molecule has 1 amide bonds. The van der Waals surface area contributed by atoms with Gasteiger partial charge in [-0.3, -0.25) is 9.59 Å². The number of fused-ring (bicyclic) bond motifs is 1. The molecule has 0 aliphatic carbocycles. The van der Waals surface area contributed by atoms with E-state index in [9.17, 15) is 9.59 Å². The average Bonchev–Trinajstić information content (AvgIpc) is 3.09. The van der Waals surface area contributed by atoms with Crippen LogP contribution in [-0.4, -0.2) is 29.8 Å². The number of benzene rings is 1. The van der Waals surface area contributed by atoms with Crippen LogP contribution in [-0.2, 0) is 4.79 Å². The van der Waals surface area contributed by atoms with Crippen molar-refractivity contribution in [1.29, 1.82) is 0 Å². The molecule has 6 nitrogen and oxygen atoms in total. The second-order valence-corrected chi connectivity index (χ2v) is 7.40. The molecular weight excluding hydrogens is 348 g/mol. The molecule has 132 valence electrons. The number of hydrogen-bond donors (Lipinski definition) is 2. The molecule has 0 spiro atoms. The third-order valence-electron chi connectivity index (χ3n) is 4.69. The Balaban J connectivity index is 1.67. The number of nitrogen functional groups attached to an aromatic ring is 1. The minimum absolute atomic E-state index is 0.333. The van der Waals surface area contributed by atoms with Crippen LogP contribution in [0.4, 0.5) is 11.5 Å². The van der Waals surface area contributed by atoms with Crippen molar-refractivity contribution in [2.45, 2.75) is 12.8 Å². The van der Waals surface area contributed by atoms with Gasteiger partial charge >= 0.3 is 0 Å². The van der Waals surface area contributed by atoms with Gasteiger partial charge in [-0.25, -0.2) is 4.98 Å². The first-order valence-corrected chi connectivity index (χ1v) is 9.19. The van der Waals surface area contributed by atoms with Crippen molar-refractivity contribution in [2.75, 3.05) is 23.7 Å². The van der Waals surface area contributed by atoms with Gasteiger partial charge < -0.3 is 16.4 Å². The number of hydrogen-bond acceptors (Lipinski definition) is 6. The number of ketones is 1. The van der Waals surface area contributed by atoms with Gasteiger partial charge in [-0.1, -0.05) is 12.1 Å². The molecule has 0 unspecified atom stereocenters. The summed E-state index contributed by atoms with van der Waals surface area (Å²) in [5.41, 5.74) is 13.9. The molecule has 4 rings (SSSR count). The van der Waals surface area contributed by atoms with Gasteiger partial charge in [0.25, 0.3) is 5.91 Å². The number of nitrogens with two attached hydrogens (primary N) is 2. The number of nitrogens with zero attached hydrogens (tertiary/aromatic N) is 2. The summed E-state index contributed by atoms with van der Waals surface area (Å²) >= 11 is 1.48. The lowest BCUT2D eigenvalue weighted by molar-refractivity contribution is -0.119. The first-order valence-electron chi connectivity index (χ1n) is 8.38. The number of carbonyl (C=O) groups excluding carboxylic acids is 2. The van der Waals surface area contributed by atoms with E-state index in [1.54, 1.807) is 0 Å². The van der Waals surface area contributed by atoms with Gasteiger partial charge in [-0.2, -0.15) is 0 Å². The van der Waals surface area contributed by atoms with Crippen LogP contribution < -0.4 is 16.4 Å². The number of rotatable bonds is 3. The Kier molecular flexibility index (Phi) is 4.08. The van der Waals surface area contributed by atoms with Gasteiger partial charge in [-0.15, -0.1) is 11.3 Å². The molecule has 3 aromatic rings. The summed E-state index contributed by atoms with van der Waals surface area (Å²) in [6, 6.07) is 10.2. The van der Waals surface area contributed by atoms with Crippen LogP contribution in [0.2, 0.25) is 0 Å². The molecule has 26 heavy (non-hydrogen) atoms. The molecule has 4 N–H and O–H groups in total. The van der Waals surface area contributed by atoms with Crippen molar-refractivity contribution >= 4 is 44.6 Å². The van der Waals surface area contributed by atoms with Gasteiger partial charge in [-0.05, 0) is 23.8 Å². The fraction of sp³-hybridized carbons (Fsp3) is 0.211. The van der Waals surface area contributed by atoms with E-state index in [0.29, 0.717) is 30.0 Å². The fourth-order valence-electron chi connectivity index (χ4n) is 3.21. The number of primary amides is 1. The quantitative estimate of drug-likeness (QED) is 0.742. The number of thiophene rings is 1. The number of piperidine rings is 1. The van der Waals surface area contributed by atoms with Gasteiger partial charge in [0.1, 0.15) is 11.6 Å². The minimum atomic E-state index is -0.508. The Labute approximate surface area is 154 Å². The van der Waals surface area contributed by atoms with Crippen molar-refractivity contribution < 1.29 is 9.59 Å². The summed E-state index contributed by atoms with van der Waals surface area (Å²) in [6.45, 7) is 1.54. The van der Waals surface area contributed by atoms with E-state index in [4.69, 9.17) is 11.5 Å². The van der Waals surface area contributed by atoms with Crippen molar-refractivity contribution in [3.8, 4) is 10.4 Å². The van der Waals surface area contributed by atoms with Gasteiger partial charge in [0, 0.05) is 48.1 Å². The molecule has 2 aromatic heterocycles. The Morgan fingerprint density at radius 3 is 2.50 bits per heavy atom. The maximum atomic E-state index is 11.6. The van der Waals surface area contributed by atoms with Crippen molar-refractivity contribution in [3.05, 3.63) is 42.1 Å². The molecule has 1 aromatic carbocycles. The van der Waals surface area contributed by atoms with Gasteiger partial charge in [0.15, 0.2) is 0 Å². The number of carbonyl (C=O) groups is 2. The van der Waals surface area contributed by atoms with Crippen molar-refractivity contribution in [2.24, 2.45) is 5.73 Å². The lowest BCUT2D eigenvalue weighted by atomic mass is 10.1. The maximum absolute atomic E-state index is 11.6. The third kappa shape index (κ3) is 2.90. The zero-order valence-corrected chi connectivity index (χ0v) is 14.9. The summed E-state index contributed by atoms with van der Waals surface area (Å²) in [5.74, 6) is 0.215. The number of aromatic nitrogens is 1. The molecule has 1 aliphatic heterocycles. The van der Waals surface area contributed by atoms with Crippen LogP contribution in [0.15, 0.2) is 36.5 Å². The first kappa shape index (κ1) is 16.5.